The van der Waals surface area contributed by atoms with E-state index in [-0.39, 0.29) is 0 Å². The SMILES string of the molecule is Cc1csc2c(NC(C)C(C)CCl)ncnc12. The van der Waals surface area contributed by atoms with Gasteiger partial charge in [-0.25, -0.2) is 9.97 Å². The molecule has 92 valence electrons. The van der Waals surface area contributed by atoms with Crippen LogP contribution in [0.4, 0.5) is 5.82 Å². The van der Waals surface area contributed by atoms with Gasteiger partial charge in [-0.15, -0.1) is 22.9 Å². The highest BCUT2D eigenvalue weighted by molar-refractivity contribution is 7.18. The maximum absolute atomic E-state index is 5.87. The van der Waals surface area contributed by atoms with E-state index in [4.69, 9.17) is 11.6 Å². The van der Waals surface area contributed by atoms with Crippen molar-refractivity contribution in [2.45, 2.75) is 26.8 Å². The molecule has 0 saturated heterocycles. The van der Waals surface area contributed by atoms with E-state index in [0.29, 0.717) is 17.8 Å². The quantitative estimate of drug-likeness (QED) is 0.861. The molecule has 2 rings (SSSR count). The fourth-order valence-electron chi connectivity index (χ4n) is 1.56. The minimum atomic E-state index is 0.299. The van der Waals surface area contributed by atoms with Crippen molar-refractivity contribution in [1.82, 2.24) is 9.97 Å². The molecule has 2 aromatic rings. The number of fused-ring (bicyclic) bond motifs is 1. The number of alkyl halides is 1. The predicted octanol–water partition coefficient (Wildman–Crippen LogP) is 3.68. The van der Waals surface area contributed by atoms with Gasteiger partial charge in [0.1, 0.15) is 12.1 Å². The second-order valence-corrected chi connectivity index (χ2v) is 5.57. The molecule has 0 bridgehead atoms. The summed E-state index contributed by atoms with van der Waals surface area (Å²) in [5.74, 6) is 1.96. The van der Waals surface area contributed by atoms with Crippen LogP contribution in [0.3, 0.4) is 0 Å². The summed E-state index contributed by atoms with van der Waals surface area (Å²) in [4.78, 5) is 8.63. The van der Waals surface area contributed by atoms with Gasteiger partial charge in [0.15, 0.2) is 0 Å². The maximum atomic E-state index is 5.87. The summed E-state index contributed by atoms with van der Waals surface area (Å²) >= 11 is 7.55. The average Bonchev–Trinajstić information content (AvgIpc) is 2.71. The lowest BCUT2D eigenvalue weighted by Crippen LogP contribution is -2.25. The van der Waals surface area contributed by atoms with Gasteiger partial charge < -0.3 is 5.32 Å². The smallest absolute Gasteiger partial charge is 0.147 e. The van der Waals surface area contributed by atoms with Crippen LogP contribution in [0.15, 0.2) is 11.7 Å². The minimum Gasteiger partial charge on any atom is -0.366 e. The van der Waals surface area contributed by atoms with E-state index in [2.05, 4.69) is 41.4 Å². The number of rotatable bonds is 4. The first-order chi connectivity index (χ1) is 8.13. The van der Waals surface area contributed by atoms with E-state index in [1.54, 1.807) is 17.7 Å². The third-order valence-electron chi connectivity index (χ3n) is 2.99. The molecule has 0 fully saturated rings. The summed E-state index contributed by atoms with van der Waals surface area (Å²) in [6.07, 6.45) is 1.61. The van der Waals surface area contributed by atoms with Gasteiger partial charge in [-0.05, 0) is 30.7 Å². The Kier molecular flexibility index (Phi) is 3.84. The fraction of sp³-hybridized carbons (Fsp3) is 0.500. The lowest BCUT2D eigenvalue weighted by Gasteiger charge is -2.19. The Morgan fingerprint density at radius 1 is 1.41 bits per heavy atom. The van der Waals surface area contributed by atoms with Crippen molar-refractivity contribution < 1.29 is 0 Å². The molecule has 0 spiro atoms. The van der Waals surface area contributed by atoms with Crippen molar-refractivity contribution in [1.29, 1.82) is 0 Å². The Balaban J connectivity index is 2.30. The Morgan fingerprint density at radius 3 is 2.88 bits per heavy atom. The fourth-order valence-corrected chi connectivity index (χ4v) is 2.79. The highest BCUT2D eigenvalue weighted by Crippen LogP contribution is 2.29. The van der Waals surface area contributed by atoms with E-state index in [1.165, 1.54) is 5.56 Å². The van der Waals surface area contributed by atoms with Gasteiger partial charge in [-0.1, -0.05) is 6.92 Å². The monoisotopic (exact) mass is 269 g/mol. The maximum Gasteiger partial charge on any atom is 0.147 e. The number of hydrogen-bond donors (Lipinski definition) is 1. The Morgan fingerprint density at radius 2 is 2.18 bits per heavy atom. The molecule has 0 radical (unpaired) electrons. The highest BCUT2D eigenvalue weighted by atomic mass is 35.5. The van der Waals surface area contributed by atoms with E-state index >= 15 is 0 Å². The van der Waals surface area contributed by atoms with Crippen LogP contribution in [0, 0.1) is 12.8 Å². The molecule has 2 unspecified atom stereocenters. The molecule has 3 nitrogen and oxygen atoms in total. The van der Waals surface area contributed by atoms with Crippen LogP contribution >= 0.6 is 22.9 Å². The normalized spacial score (nSPS) is 14.8. The third-order valence-corrected chi connectivity index (χ3v) is 4.57. The number of thiophene rings is 1. The zero-order chi connectivity index (χ0) is 12.4. The molecule has 5 heteroatoms. The van der Waals surface area contributed by atoms with Crippen molar-refractivity contribution >= 4 is 39.0 Å². The van der Waals surface area contributed by atoms with E-state index < -0.39 is 0 Å². The lowest BCUT2D eigenvalue weighted by atomic mass is 10.1. The van der Waals surface area contributed by atoms with Crippen LogP contribution in [0.25, 0.3) is 10.2 Å². The summed E-state index contributed by atoms with van der Waals surface area (Å²) in [5.41, 5.74) is 2.24. The van der Waals surface area contributed by atoms with Crippen LogP contribution in [0.5, 0.6) is 0 Å². The number of nitrogens with one attached hydrogen (secondary N) is 1. The third kappa shape index (κ3) is 2.53. The number of halogens is 1. The topological polar surface area (TPSA) is 37.8 Å². The Hall–Kier alpha value is -0.870. The van der Waals surface area contributed by atoms with Crippen LogP contribution < -0.4 is 5.32 Å². The molecule has 2 aromatic heterocycles. The molecule has 0 saturated carbocycles. The second kappa shape index (κ2) is 5.19. The first-order valence-electron chi connectivity index (χ1n) is 5.64. The zero-order valence-electron chi connectivity index (χ0n) is 10.2. The molecule has 0 aliphatic carbocycles. The summed E-state index contributed by atoms with van der Waals surface area (Å²) in [5, 5.41) is 5.54. The largest absolute Gasteiger partial charge is 0.366 e. The van der Waals surface area contributed by atoms with Gasteiger partial charge in [0, 0.05) is 11.9 Å². The molecule has 2 heterocycles. The number of hydrogen-bond acceptors (Lipinski definition) is 4. The molecular formula is C12H16ClN3S. The van der Waals surface area contributed by atoms with Gasteiger partial charge in [-0.3, -0.25) is 0 Å². The first-order valence-corrected chi connectivity index (χ1v) is 7.06. The van der Waals surface area contributed by atoms with Crippen molar-refractivity contribution in [3.8, 4) is 0 Å². The minimum absolute atomic E-state index is 0.299. The summed E-state index contributed by atoms with van der Waals surface area (Å²) in [6, 6.07) is 0.299. The molecule has 0 aliphatic heterocycles. The van der Waals surface area contributed by atoms with Crippen LogP contribution in [0.1, 0.15) is 19.4 Å². The average molecular weight is 270 g/mol. The predicted molar refractivity (Wildman–Crippen MR) is 75.1 cm³/mol. The van der Waals surface area contributed by atoms with Crippen molar-refractivity contribution in [2.75, 3.05) is 11.2 Å². The summed E-state index contributed by atoms with van der Waals surface area (Å²) in [6.45, 7) is 6.32. The van der Waals surface area contributed by atoms with Crippen molar-refractivity contribution in [2.24, 2.45) is 5.92 Å². The van der Waals surface area contributed by atoms with Gasteiger partial charge >= 0.3 is 0 Å². The molecule has 0 aromatic carbocycles. The van der Waals surface area contributed by atoms with E-state index in [1.807, 2.05) is 0 Å². The van der Waals surface area contributed by atoms with Crippen molar-refractivity contribution in [3.05, 3.63) is 17.3 Å². The molecular weight excluding hydrogens is 254 g/mol. The Bertz CT molecular complexity index is 511. The highest BCUT2D eigenvalue weighted by Gasteiger charge is 2.14. The number of anilines is 1. The van der Waals surface area contributed by atoms with E-state index in [0.717, 1.165) is 16.0 Å². The first kappa shape index (κ1) is 12.6. The van der Waals surface area contributed by atoms with E-state index in [9.17, 15) is 0 Å². The van der Waals surface area contributed by atoms with Crippen LogP contribution in [-0.2, 0) is 0 Å². The molecule has 0 amide bonds. The van der Waals surface area contributed by atoms with Gasteiger partial charge in [0.25, 0.3) is 0 Å². The number of nitrogens with zero attached hydrogens (tertiary/aromatic N) is 2. The lowest BCUT2D eigenvalue weighted by molar-refractivity contribution is 0.565. The van der Waals surface area contributed by atoms with Crippen molar-refractivity contribution in [3.63, 3.8) is 0 Å². The zero-order valence-corrected chi connectivity index (χ0v) is 11.8. The van der Waals surface area contributed by atoms with Gasteiger partial charge in [0.2, 0.25) is 0 Å². The van der Waals surface area contributed by atoms with Crippen LogP contribution in [-0.4, -0.2) is 21.9 Å². The second-order valence-electron chi connectivity index (χ2n) is 4.38. The summed E-state index contributed by atoms with van der Waals surface area (Å²) < 4.78 is 1.12. The molecule has 17 heavy (non-hydrogen) atoms. The standard InChI is InChI=1S/C12H16ClN3S/c1-7(4-13)9(3)16-12-11-10(14-6-15-12)8(2)5-17-11/h5-7,9H,4H2,1-3H3,(H,14,15,16). The van der Waals surface area contributed by atoms with Gasteiger partial charge in [-0.2, -0.15) is 0 Å². The molecule has 1 N–H and O–H groups in total. The van der Waals surface area contributed by atoms with Crippen LogP contribution in [0.2, 0.25) is 0 Å². The Labute approximate surface area is 110 Å². The summed E-state index contributed by atoms with van der Waals surface area (Å²) in [7, 11) is 0. The molecule has 2 atom stereocenters. The molecule has 0 aliphatic rings. The number of aromatic nitrogens is 2. The number of aryl methyl sites for hydroxylation is 1. The van der Waals surface area contributed by atoms with Gasteiger partial charge in [0.05, 0.1) is 10.2 Å².